The molecule has 2 N–H and O–H groups in total. The van der Waals surface area contributed by atoms with Crippen LogP contribution in [-0.2, 0) is 11.0 Å². The standard InChI is InChI=1S/C17H16F4N2O/c1-11(12-2-6-14(18)7-3-12)23-16(24)10-22-15-8-4-13(5-9-15)17(19,20)21/h2-9,11,22H,10H2,1H3,(H,23,24)/t11-/m0/s1. The summed E-state index contributed by atoms with van der Waals surface area (Å²) in [6, 6.07) is 9.86. The van der Waals surface area contributed by atoms with Gasteiger partial charge in [0, 0.05) is 5.69 Å². The van der Waals surface area contributed by atoms with Crippen LogP contribution in [0.4, 0.5) is 23.2 Å². The van der Waals surface area contributed by atoms with Crippen molar-refractivity contribution in [2.75, 3.05) is 11.9 Å². The first-order valence-electron chi connectivity index (χ1n) is 7.21. The summed E-state index contributed by atoms with van der Waals surface area (Å²) < 4.78 is 50.2. The molecule has 0 radical (unpaired) electrons. The lowest BCUT2D eigenvalue weighted by Crippen LogP contribution is -2.32. The maximum absolute atomic E-state index is 12.9. The Morgan fingerprint density at radius 1 is 1.04 bits per heavy atom. The van der Waals surface area contributed by atoms with Crippen molar-refractivity contribution in [3.05, 3.63) is 65.5 Å². The van der Waals surface area contributed by atoms with Crippen LogP contribution < -0.4 is 10.6 Å². The van der Waals surface area contributed by atoms with Crippen molar-refractivity contribution >= 4 is 11.6 Å². The van der Waals surface area contributed by atoms with E-state index in [4.69, 9.17) is 0 Å². The van der Waals surface area contributed by atoms with Crippen LogP contribution in [0.25, 0.3) is 0 Å². The van der Waals surface area contributed by atoms with Crippen molar-refractivity contribution in [3.63, 3.8) is 0 Å². The van der Waals surface area contributed by atoms with Gasteiger partial charge in [-0.2, -0.15) is 13.2 Å². The van der Waals surface area contributed by atoms with E-state index in [0.29, 0.717) is 5.69 Å². The number of benzene rings is 2. The molecule has 1 atom stereocenters. The third-order valence-corrected chi connectivity index (χ3v) is 3.41. The number of nitrogens with one attached hydrogen (secondary N) is 2. The van der Waals surface area contributed by atoms with Gasteiger partial charge in [0.1, 0.15) is 5.82 Å². The summed E-state index contributed by atoms with van der Waals surface area (Å²) in [4.78, 5) is 11.9. The zero-order valence-corrected chi connectivity index (χ0v) is 12.8. The van der Waals surface area contributed by atoms with Crippen LogP contribution in [0.2, 0.25) is 0 Å². The lowest BCUT2D eigenvalue weighted by atomic mass is 10.1. The average Bonchev–Trinajstić information content (AvgIpc) is 2.53. The highest BCUT2D eigenvalue weighted by atomic mass is 19.4. The van der Waals surface area contributed by atoms with Crippen LogP contribution in [0.3, 0.4) is 0 Å². The summed E-state index contributed by atoms with van der Waals surface area (Å²) in [5, 5.41) is 5.47. The predicted octanol–water partition coefficient (Wildman–Crippen LogP) is 4.13. The molecule has 2 rings (SSSR count). The van der Waals surface area contributed by atoms with Crippen molar-refractivity contribution in [1.29, 1.82) is 0 Å². The highest BCUT2D eigenvalue weighted by molar-refractivity contribution is 5.81. The normalized spacial score (nSPS) is 12.5. The summed E-state index contributed by atoms with van der Waals surface area (Å²) in [5.41, 5.74) is 0.411. The van der Waals surface area contributed by atoms with E-state index in [1.54, 1.807) is 19.1 Å². The molecular formula is C17H16F4N2O. The van der Waals surface area contributed by atoms with E-state index in [9.17, 15) is 22.4 Å². The Morgan fingerprint density at radius 2 is 1.62 bits per heavy atom. The second-order valence-corrected chi connectivity index (χ2v) is 5.27. The van der Waals surface area contributed by atoms with E-state index in [1.807, 2.05) is 0 Å². The number of anilines is 1. The van der Waals surface area contributed by atoms with Gasteiger partial charge in [0.25, 0.3) is 0 Å². The first kappa shape index (κ1) is 17.8. The minimum absolute atomic E-state index is 0.0864. The number of carbonyl (C=O) groups excluding carboxylic acids is 1. The predicted molar refractivity (Wildman–Crippen MR) is 82.9 cm³/mol. The lowest BCUT2D eigenvalue weighted by Gasteiger charge is -2.15. The topological polar surface area (TPSA) is 41.1 Å². The number of hydrogen-bond acceptors (Lipinski definition) is 2. The van der Waals surface area contributed by atoms with Crippen molar-refractivity contribution in [1.82, 2.24) is 5.32 Å². The van der Waals surface area contributed by atoms with Gasteiger partial charge >= 0.3 is 6.18 Å². The fourth-order valence-corrected chi connectivity index (χ4v) is 2.09. The van der Waals surface area contributed by atoms with E-state index in [-0.39, 0.29) is 24.3 Å². The van der Waals surface area contributed by atoms with Gasteiger partial charge < -0.3 is 10.6 Å². The van der Waals surface area contributed by atoms with Crippen molar-refractivity contribution in [2.45, 2.75) is 19.1 Å². The number of halogens is 4. The number of alkyl halides is 3. The van der Waals surface area contributed by atoms with Crippen LogP contribution in [0.1, 0.15) is 24.1 Å². The average molecular weight is 340 g/mol. The molecule has 0 aromatic heterocycles. The fraction of sp³-hybridized carbons (Fsp3) is 0.235. The highest BCUT2D eigenvalue weighted by Gasteiger charge is 2.29. The molecule has 0 spiro atoms. The van der Waals surface area contributed by atoms with Crippen LogP contribution in [0.15, 0.2) is 48.5 Å². The van der Waals surface area contributed by atoms with Crippen molar-refractivity contribution in [3.8, 4) is 0 Å². The molecular weight excluding hydrogens is 324 g/mol. The van der Waals surface area contributed by atoms with E-state index in [0.717, 1.165) is 17.7 Å². The Morgan fingerprint density at radius 3 is 2.17 bits per heavy atom. The van der Waals surface area contributed by atoms with Crippen LogP contribution in [0, 0.1) is 5.82 Å². The maximum Gasteiger partial charge on any atom is 0.416 e. The Bertz CT molecular complexity index is 681. The summed E-state index contributed by atoms with van der Waals surface area (Å²) >= 11 is 0. The number of rotatable bonds is 5. The zero-order chi connectivity index (χ0) is 17.7. The summed E-state index contributed by atoms with van der Waals surface area (Å²) in [6.45, 7) is 1.67. The summed E-state index contributed by atoms with van der Waals surface area (Å²) in [6.07, 6.45) is -4.39. The van der Waals surface area contributed by atoms with E-state index < -0.39 is 11.7 Å². The Kier molecular flexibility index (Phi) is 5.43. The minimum Gasteiger partial charge on any atom is -0.376 e. The molecule has 0 fully saturated rings. The maximum atomic E-state index is 12.9. The molecule has 0 unspecified atom stereocenters. The molecule has 0 heterocycles. The molecule has 3 nitrogen and oxygen atoms in total. The molecule has 2 aromatic rings. The Balaban J connectivity index is 1.85. The summed E-state index contributed by atoms with van der Waals surface area (Å²) in [7, 11) is 0. The number of amides is 1. The van der Waals surface area contributed by atoms with Gasteiger partial charge in [-0.3, -0.25) is 4.79 Å². The first-order valence-corrected chi connectivity index (χ1v) is 7.21. The zero-order valence-electron chi connectivity index (χ0n) is 12.8. The fourth-order valence-electron chi connectivity index (χ4n) is 2.09. The molecule has 0 aliphatic rings. The lowest BCUT2D eigenvalue weighted by molar-refractivity contribution is -0.137. The van der Waals surface area contributed by atoms with Gasteiger partial charge in [-0.05, 0) is 48.9 Å². The molecule has 0 saturated carbocycles. The van der Waals surface area contributed by atoms with E-state index >= 15 is 0 Å². The Hall–Kier alpha value is -2.57. The molecule has 0 bridgehead atoms. The molecule has 7 heteroatoms. The third-order valence-electron chi connectivity index (χ3n) is 3.41. The van der Waals surface area contributed by atoms with Crippen molar-refractivity contribution < 1.29 is 22.4 Å². The molecule has 128 valence electrons. The SMILES string of the molecule is C[C@H](NC(=O)CNc1ccc(C(F)(F)F)cc1)c1ccc(F)cc1. The van der Waals surface area contributed by atoms with Gasteiger partial charge in [-0.15, -0.1) is 0 Å². The van der Waals surface area contributed by atoms with E-state index in [2.05, 4.69) is 10.6 Å². The van der Waals surface area contributed by atoms with Gasteiger partial charge in [0.2, 0.25) is 5.91 Å². The first-order chi connectivity index (χ1) is 11.3. The van der Waals surface area contributed by atoms with Gasteiger partial charge in [0.05, 0.1) is 18.2 Å². The molecule has 24 heavy (non-hydrogen) atoms. The second-order valence-electron chi connectivity index (χ2n) is 5.27. The monoisotopic (exact) mass is 340 g/mol. The largest absolute Gasteiger partial charge is 0.416 e. The highest BCUT2D eigenvalue weighted by Crippen LogP contribution is 2.29. The van der Waals surface area contributed by atoms with Crippen LogP contribution >= 0.6 is 0 Å². The number of hydrogen-bond donors (Lipinski definition) is 2. The molecule has 1 amide bonds. The molecule has 2 aromatic carbocycles. The minimum atomic E-state index is -4.39. The van der Waals surface area contributed by atoms with Gasteiger partial charge in [0.15, 0.2) is 0 Å². The third kappa shape index (κ3) is 4.97. The number of carbonyl (C=O) groups is 1. The quantitative estimate of drug-likeness (QED) is 0.804. The molecule has 0 saturated heterocycles. The Labute approximate surface area is 136 Å². The van der Waals surface area contributed by atoms with Crippen molar-refractivity contribution in [2.24, 2.45) is 0 Å². The van der Waals surface area contributed by atoms with Gasteiger partial charge in [-0.25, -0.2) is 4.39 Å². The van der Waals surface area contributed by atoms with Gasteiger partial charge in [-0.1, -0.05) is 12.1 Å². The molecule has 0 aliphatic heterocycles. The molecule has 0 aliphatic carbocycles. The summed E-state index contributed by atoms with van der Waals surface area (Å²) in [5.74, 6) is -0.687. The van der Waals surface area contributed by atoms with E-state index in [1.165, 1.54) is 24.3 Å². The van der Waals surface area contributed by atoms with Crippen LogP contribution in [0.5, 0.6) is 0 Å². The van der Waals surface area contributed by atoms with Crippen LogP contribution in [-0.4, -0.2) is 12.5 Å². The smallest absolute Gasteiger partial charge is 0.376 e. The second kappa shape index (κ2) is 7.33.